The fourth-order valence-corrected chi connectivity index (χ4v) is 3.30. The van der Waals surface area contributed by atoms with Crippen LogP contribution in [-0.2, 0) is 11.2 Å². The van der Waals surface area contributed by atoms with Crippen molar-refractivity contribution in [3.63, 3.8) is 0 Å². The largest absolute Gasteiger partial charge is 0.481 e. The van der Waals surface area contributed by atoms with Crippen molar-refractivity contribution in [3.05, 3.63) is 28.7 Å². The minimum atomic E-state index is -0.676. The van der Waals surface area contributed by atoms with Crippen LogP contribution >= 0.6 is 11.3 Å². The summed E-state index contributed by atoms with van der Waals surface area (Å²) in [5, 5.41) is 12.2. The number of hydrogen-bond acceptors (Lipinski definition) is 3. The first-order valence-corrected chi connectivity index (χ1v) is 6.89. The minimum Gasteiger partial charge on any atom is -0.481 e. The summed E-state index contributed by atoms with van der Waals surface area (Å²) in [7, 11) is 0. The Bertz CT molecular complexity index is 555. The van der Waals surface area contributed by atoms with Crippen LogP contribution in [0.15, 0.2) is 23.7 Å². The molecular formula is C13H14N2O2S. The predicted octanol–water partition coefficient (Wildman–Crippen LogP) is 2.94. The lowest BCUT2D eigenvalue weighted by Gasteiger charge is -2.36. The van der Waals surface area contributed by atoms with E-state index in [2.05, 4.69) is 9.97 Å². The fourth-order valence-electron chi connectivity index (χ4n) is 2.36. The van der Waals surface area contributed by atoms with Crippen LogP contribution in [0.3, 0.4) is 0 Å². The molecule has 3 rings (SSSR count). The van der Waals surface area contributed by atoms with E-state index in [1.807, 2.05) is 23.7 Å². The van der Waals surface area contributed by atoms with Gasteiger partial charge in [-0.3, -0.25) is 4.79 Å². The SMILES string of the molecule is O=C(O)C1(Cc2nc(-c3ccc[nH]3)cs2)CCC1. The summed E-state index contributed by atoms with van der Waals surface area (Å²) < 4.78 is 0. The number of hydrogen-bond donors (Lipinski definition) is 2. The Kier molecular flexibility index (Phi) is 2.70. The van der Waals surface area contributed by atoms with Gasteiger partial charge >= 0.3 is 5.97 Å². The highest BCUT2D eigenvalue weighted by molar-refractivity contribution is 7.09. The molecule has 0 spiro atoms. The highest BCUT2D eigenvalue weighted by atomic mass is 32.1. The second-order valence-electron chi connectivity index (χ2n) is 4.83. The van der Waals surface area contributed by atoms with Gasteiger partial charge in [-0.15, -0.1) is 11.3 Å². The van der Waals surface area contributed by atoms with Crippen LogP contribution in [0.5, 0.6) is 0 Å². The van der Waals surface area contributed by atoms with E-state index >= 15 is 0 Å². The van der Waals surface area contributed by atoms with Crippen molar-refractivity contribution in [2.75, 3.05) is 0 Å². The average molecular weight is 262 g/mol. The molecule has 0 aromatic carbocycles. The Morgan fingerprint density at radius 2 is 2.39 bits per heavy atom. The highest BCUT2D eigenvalue weighted by Gasteiger charge is 2.44. The third-order valence-corrected chi connectivity index (χ3v) is 4.53. The summed E-state index contributed by atoms with van der Waals surface area (Å²) in [6.45, 7) is 0. The molecule has 0 unspecified atom stereocenters. The van der Waals surface area contributed by atoms with Gasteiger partial charge in [-0.2, -0.15) is 0 Å². The number of aliphatic carboxylic acids is 1. The maximum Gasteiger partial charge on any atom is 0.310 e. The summed E-state index contributed by atoms with van der Waals surface area (Å²) in [6.07, 6.45) is 4.99. The van der Waals surface area contributed by atoms with Gasteiger partial charge in [-0.05, 0) is 25.0 Å². The van der Waals surface area contributed by atoms with Crippen LogP contribution in [0.1, 0.15) is 24.3 Å². The first-order chi connectivity index (χ1) is 8.70. The topological polar surface area (TPSA) is 66.0 Å². The maximum absolute atomic E-state index is 11.3. The second-order valence-corrected chi connectivity index (χ2v) is 5.77. The van der Waals surface area contributed by atoms with Crippen molar-refractivity contribution in [1.29, 1.82) is 0 Å². The van der Waals surface area contributed by atoms with Crippen molar-refractivity contribution in [2.24, 2.45) is 5.41 Å². The average Bonchev–Trinajstić information content (AvgIpc) is 2.93. The van der Waals surface area contributed by atoms with Crippen LogP contribution in [0.2, 0.25) is 0 Å². The molecule has 0 radical (unpaired) electrons. The van der Waals surface area contributed by atoms with Crippen LogP contribution in [0, 0.1) is 5.41 Å². The summed E-state index contributed by atoms with van der Waals surface area (Å²) >= 11 is 1.55. The van der Waals surface area contributed by atoms with E-state index in [1.165, 1.54) is 0 Å². The Labute approximate surface area is 109 Å². The third kappa shape index (κ3) is 1.84. The summed E-state index contributed by atoms with van der Waals surface area (Å²) in [5.41, 5.74) is 1.33. The Morgan fingerprint density at radius 1 is 1.56 bits per heavy atom. The molecular weight excluding hydrogens is 248 g/mol. The smallest absolute Gasteiger partial charge is 0.310 e. The molecule has 2 N–H and O–H groups in total. The van der Waals surface area contributed by atoms with Crippen LogP contribution in [0.25, 0.3) is 11.4 Å². The quantitative estimate of drug-likeness (QED) is 0.890. The number of aromatic nitrogens is 2. The first-order valence-electron chi connectivity index (χ1n) is 6.01. The number of thiazole rings is 1. The van der Waals surface area contributed by atoms with E-state index in [0.717, 1.165) is 35.7 Å². The van der Waals surface area contributed by atoms with Gasteiger partial charge in [-0.25, -0.2) is 4.98 Å². The molecule has 18 heavy (non-hydrogen) atoms. The van der Waals surface area contributed by atoms with Crippen LogP contribution in [-0.4, -0.2) is 21.0 Å². The van der Waals surface area contributed by atoms with Crippen molar-refractivity contribution in [2.45, 2.75) is 25.7 Å². The molecule has 0 bridgehead atoms. The number of nitrogens with one attached hydrogen (secondary N) is 1. The van der Waals surface area contributed by atoms with Gasteiger partial charge in [0.1, 0.15) is 0 Å². The molecule has 2 aromatic rings. The Morgan fingerprint density at radius 3 is 2.94 bits per heavy atom. The van der Waals surface area contributed by atoms with E-state index in [-0.39, 0.29) is 0 Å². The van der Waals surface area contributed by atoms with Crippen molar-refractivity contribution in [1.82, 2.24) is 9.97 Å². The van der Waals surface area contributed by atoms with Crippen molar-refractivity contribution >= 4 is 17.3 Å². The zero-order valence-electron chi connectivity index (χ0n) is 9.85. The van der Waals surface area contributed by atoms with E-state index in [0.29, 0.717) is 6.42 Å². The van der Waals surface area contributed by atoms with Crippen LogP contribution in [0.4, 0.5) is 0 Å². The van der Waals surface area contributed by atoms with Gasteiger partial charge in [0.25, 0.3) is 0 Å². The number of rotatable bonds is 4. The molecule has 1 fully saturated rings. The molecule has 0 saturated heterocycles. The minimum absolute atomic E-state index is 0.551. The van der Waals surface area contributed by atoms with Crippen LogP contribution < -0.4 is 0 Å². The molecule has 94 valence electrons. The number of carboxylic acid groups (broad SMARTS) is 1. The van der Waals surface area contributed by atoms with Crippen molar-refractivity contribution in [3.8, 4) is 11.4 Å². The number of nitrogens with zero attached hydrogens (tertiary/aromatic N) is 1. The van der Waals surface area contributed by atoms with E-state index in [4.69, 9.17) is 0 Å². The Hall–Kier alpha value is -1.62. The standard InChI is InChI=1S/C13H14N2O2S/c16-12(17)13(4-2-5-13)7-11-15-10(8-18-11)9-3-1-6-14-9/h1,3,6,8,14H,2,4-5,7H2,(H,16,17). The number of H-pyrrole nitrogens is 1. The fraction of sp³-hybridized carbons (Fsp3) is 0.385. The van der Waals surface area contributed by atoms with Gasteiger partial charge in [0.15, 0.2) is 0 Å². The second kappa shape index (κ2) is 4.24. The molecule has 5 heteroatoms. The molecule has 2 heterocycles. The van der Waals surface area contributed by atoms with Gasteiger partial charge in [-0.1, -0.05) is 6.42 Å². The summed E-state index contributed by atoms with van der Waals surface area (Å²) in [6, 6.07) is 3.90. The van der Waals surface area contributed by atoms with Gasteiger partial charge in [0, 0.05) is 18.0 Å². The molecule has 0 aliphatic heterocycles. The van der Waals surface area contributed by atoms with E-state index in [1.54, 1.807) is 11.3 Å². The van der Waals surface area contributed by atoms with Gasteiger partial charge in [0.05, 0.1) is 21.8 Å². The maximum atomic E-state index is 11.3. The number of carboxylic acids is 1. The normalized spacial score (nSPS) is 17.3. The lowest BCUT2D eigenvalue weighted by atomic mass is 9.67. The monoisotopic (exact) mass is 262 g/mol. The lowest BCUT2D eigenvalue weighted by Crippen LogP contribution is -2.39. The molecule has 1 aliphatic carbocycles. The van der Waals surface area contributed by atoms with E-state index < -0.39 is 11.4 Å². The molecule has 1 aliphatic rings. The van der Waals surface area contributed by atoms with Crippen molar-refractivity contribution < 1.29 is 9.90 Å². The van der Waals surface area contributed by atoms with Gasteiger partial charge in [0.2, 0.25) is 0 Å². The number of carbonyl (C=O) groups is 1. The summed E-state index contributed by atoms with van der Waals surface area (Å²) in [4.78, 5) is 18.9. The molecule has 4 nitrogen and oxygen atoms in total. The molecule has 1 saturated carbocycles. The highest BCUT2D eigenvalue weighted by Crippen LogP contribution is 2.44. The zero-order chi connectivity index (χ0) is 12.6. The van der Waals surface area contributed by atoms with Gasteiger partial charge < -0.3 is 10.1 Å². The predicted molar refractivity (Wildman–Crippen MR) is 69.5 cm³/mol. The molecule has 0 atom stereocenters. The Balaban J connectivity index is 1.80. The van der Waals surface area contributed by atoms with E-state index in [9.17, 15) is 9.90 Å². The first kappa shape index (κ1) is 11.5. The lowest BCUT2D eigenvalue weighted by molar-refractivity contribution is -0.154. The zero-order valence-corrected chi connectivity index (χ0v) is 10.7. The summed E-state index contributed by atoms with van der Waals surface area (Å²) in [5.74, 6) is -0.676. The molecule has 2 aromatic heterocycles. The number of aromatic amines is 1. The molecule has 0 amide bonds. The third-order valence-electron chi connectivity index (χ3n) is 3.68.